The Kier molecular flexibility index (Phi) is 8.09. The third kappa shape index (κ3) is 5.64. The summed E-state index contributed by atoms with van der Waals surface area (Å²) >= 11 is 16.3. The number of nitro benzene ring substituents is 1. The number of non-ortho nitro benzene ring substituents is 1. The summed E-state index contributed by atoms with van der Waals surface area (Å²) in [5.74, 6) is 1.07. The molecule has 6 rings (SSSR count). The molecule has 0 spiro atoms. The summed E-state index contributed by atoms with van der Waals surface area (Å²) in [6, 6.07) is 21.5. The topological polar surface area (TPSA) is 122 Å². The summed E-state index contributed by atoms with van der Waals surface area (Å²) in [5, 5.41) is 17.3. The predicted molar refractivity (Wildman–Crippen MR) is 172 cm³/mol. The quantitative estimate of drug-likeness (QED) is 0.0894. The molecule has 0 atom stereocenters. The second kappa shape index (κ2) is 12.1. The molecule has 0 saturated heterocycles. The Hall–Kier alpha value is -4.71. The minimum atomic E-state index is -0.473. The zero-order chi connectivity index (χ0) is 31.0. The van der Waals surface area contributed by atoms with Gasteiger partial charge in [0.15, 0.2) is 17.3 Å². The zero-order valence-corrected chi connectivity index (χ0v) is 25.8. The molecular weight excluding hydrogens is 675 g/mol. The van der Waals surface area contributed by atoms with Crippen molar-refractivity contribution in [1.29, 1.82) is 0 Å². The van der Waals surface area contributed by atoms with Gasteiger partial charge in [-0.15, -0.1) is 0 Å². The van der Waals surface area contributed by atoms with Crippen molar-refractivity contribution in [3.8, 4) is 23.1 Å². The lowest BCUT2D eigenvalue weighted by Gasteiger charge is -2.15. The van der Waals surface area contributed by atoms with E-state index in [1.165, 1.54) is 25.5 Å². The van der Waals surface area contributed by atoms with Crippen molar-refractivity contribution in [1.82, 2.24) is 9.66 Å². The number of ether oxygens (including phenoxy) is 2. The minimum absolute atomic E-state index is 0.0238. The SMILES string of the molecule is COc1cc(C=Nn2c(-c3cc4cc(Cl)ccc4o3)nc3ccccc3c2=O)c(Br)c(Cl)c1OCc1ccc([N+](=O)[O-])cc1. The van der Waals surface area contributed by atoms with Gasteiger partial charge in [-0.2, -0.15) is 9.78 Å². The van der Waals surface area contributed by atoms with E-state index in [1.54, 1.807) is 66.7 Å². The van der Waals surface area contributed by atoms with Crippen LogP contribution in [-0.2, 0) is 6.61 Å². The molecule has 0 saturated carbocycles. The van der Waals surface area contributed by atoms with E-state index < -0.39 is 10.5 Å². The number of furan rings is 1. The maximum Gasteiger partial charge on any atom is 0.282 e. The smallest absolute Gasteiger partial charge is 0.282 e. The average molecular weight is 694 g/mol. The second-order valence-electron chi connectivity index (χ2n) is 9.44. The summed E-state index contributed by atoms with van der Waals surface area (Å²) in [5.41, 5.74) is 1.81. The Balaban J connectivity index is 1.39. The van der Waals surface area contributed by atoms with Crippen LogP contribution in [0.25, 0.3) is 33.5 Å². The molecule has 220 valence electrons. The van der Waals surface area contributed by atoms with Gasteiger partial charge in [-0.25, -0.2) is 4.98 Å². The van der Waals surface area contributed by atoms with Crippen LogP contribution in [0.5, 0.6) is 11.5 Å². The van der Waals surface area contributed by atoms with Gasteiger partial charge in [0.2, 0.25) is 5.82 Å². The van der Waals surface area contributed by atoms with Crippen LogP contribution in [0.4, 0.5) is 5.69 Å². The van der Waals surface area contributed by atoms with Gasteiger partial charge in [-0.1, -0.05) is 35.3 Å². The van der Waals surface area contributed by atoms with Crippen molar-refractivity contribution in [3.63, 3.8) is 0 Å². The van der Waals surface area contributed by atoms with E-state index in [0.29, 0.717) is 48.6 Å². The molecule has 0 aliphatic carbocycles. The molecule has 0 bridgehead atoms. The summed E-state index contributed by atoms with van der Waals surface area (Å²) in [4.78, 5) is 28.8. The van der Waals surface area contributed by atoms with Crippen molar-refractivity contribution in [3.05, 3.63) is 125 Å². The van der Waals surface area contributed by atoms with Crippen LogP contribution in [0.2, 0.25) is 10.0 Å². The predicted octanol–water partition coefficient (Wildman–Crippen LogP) is 8.26. The molecule has 10 nitrogen and oxygen atoms in total. The third-order valence-corrected chi connectivity index (χ3v) is 8.35. The Morgan fingerprint density at radius 1 is 1.09 bits per heavy atom. The number of fused-ring (bicyclic) bond motifs is 2. The highest BCUT2D eigenvalue weighted by Gasteiger charge is 2.19. The Morgan fingerprint density at radius 2 is 1.86 bits per heavy atom. The first kappa shape index (κ1) is 29.4. The first-order valence-corrected chi connectivity index (χ1v) is 14.5. The first-order valence-electron chi connectivity index (χ1n) is 12.9. The standard InChI is InChI=1S/C31H19BrCl2N4O6/c1-42-25-14-19(27(32)28(34)29(25)43-16-17-6-9-21(10-7-17)38(40)41)15-35-37-30(36-23-5-3-2-4-22(23)31(37)39)26-13-18-12-20(33)8-11-24(18)44-26/h2-15H,16H2,1H3. The third-order valence-electron chi connectivity index (χ3n) is 6.67. The van der Waals surface area contributed by atoms with Crippen LogP contribution in [-0.4, -0.2) is 27.9 Å². The zero-order valence-electron chi connectivity index (χ0n) is 22.7. The van der Waals surface area contributed by atoms with Crippen LogP contribution in [0.3, 0.4) is 0 Å². The molecule has 6 aromatic rings. The van der Waals surface area contributed by atoms with Gasteiger partial charge in [0.05, 0.1) is 29.2 Å². The molecule has 0 amide bonds. The molecule has 0 N–H and O–H groups in total. The average Bonchev–Trinajstić information content (AvgIpc) is 3.45. The fourth-order valence-electron chi connectivity index (χ4n) is 4.49. The van der Waals surface area contributed by atoms with Crippen molar-refractivity contribution >= 4 is 72.9 Å². The summed E-state index contributed by atoms with van der Waals surface area (Å²) in [6.45, 7) is 0.0815. The number of hydrogen-bond donors (Lipinski definition) is 0. The molecular formula is C31H19BrCl2N4O6. The van der Waals surface area contributed by atoms with Crippen molar-refractivity contribution in [2.75, 3.05) is 7.11 Å². The Morgan fingerprint density at radius 3 is 2.61 bits per heavy atom. The minimum Gasteiger partial charge on any atom is -0.493 e. The van der Waals surface area contributed by atoms with Crippen LogP contribution in [0, 0.1) is 10.1 Å². The fourth-order valence-corrected chi connectivity index (χ4v) is 5.32. The lowest BCUT2D eigenvalue weighted by atomic mass is 10.2. The summed E-state index contributed by atoms with van der Waals surface area (Å²) in [6.07, 6.45) is 1.44. The molecule has 13 heteroatoms. The largest absolute Gasteiger partial charge is 0.493 e. The highest BCUT2D eigenvalue weighted by atomic mass is 79.9. The second-order valence-corrected chi connectivity index (χ2v) is 11.1. The molecule has 2 aromatic heterocycles. The van der Waals surface area contributed by atoms with Gasteiger partial charge in [0, 0.05) is 32.6 Å². The van der Waals surface area contributed by atoms with Crippen molar-refractivity contribution < 1.29 is 18.8 Å². The van der Waals surface area contributed by atoms with E-state index in [1.807, 2.05) is 0 Å². The van der Waals surface area contributed by atoms with E-state index >= 15 is 0 Å². The number of hydrogen-bond acceptors (Lipinski definition) is 8. The lowest BCUT2D eigenvalue weighted by Crippen LogP contribution is -2.20. The summed E-state index contributed by atoms with van der Waals surface area (Å²) < 4.78 is 19.1. The number of methoxy groups -OCH3 is 1. The molecule has 44 heavy (non-hydrogen) atoms. The van der Waals surface area contributed by atoms with Crippen molar-refractivity contribution in [2.24, 2.45) is 5.10 Å². The Bertz CT molecular complexity index is 2160. The van der Waals surface area contributed by atoms with E-state index in [4.69, 9.17) is 42.1 Å². The van der Waals surface area contributed by atoms with Gasteiger partial charge in [0.25, 0.3) is 11.2 Å². The van der Waals surface area contributed by atoms with Crippen LogP contribution >= 0.6 is 39.1 Å². The maximum absolute atomic E-state index is 13.6. The number of benzene rings is 4. The van der Waals surface area contributed by atoms with Gasteiger partial charge >= 0.3 is 0 Å². The lowest BCUT2D eigenvalue weighted by molar-refractivity contribution is -0.384. The highest BCUT2D eigenvalue weighted by molar-refractivity contribution is 9.10. The normalized spacial score (nSPS) is 11.5. The van der Waals surface area contributed by atoms with Crippen LogP contribution in [0.15, 0.2) is 97.6 Å². The molecule has 2 heterocycles. The summed E-state index contributed by atoms with van der Waals surface area (Å²) in [7, 11) is 1.46. The molecule has 0 radical (unpaired) electrons. The first-order chi connectivity index (χ1) is 21.2. The van der Waals surface area contributed by atoms with E-state index in [0.717, 1.165) is 10.1 Å². The van der Waals surface area contributed by atoms with Gasteiger partial charge < -0.3 is 13.9 Å². The molecule has 0 unspecified atom stereocenters. The molecule has 0 aliphatic heterocycles. The number of nitro groups is 1. The van der Waals surface area contributed by atoms with Gasteiger partial charge in [0.1, 0.15) is 17.2 Å². The molecule has 4 aromatic carbocycles. The Labute approximate surface area is 267 Å². The van der Waals surface area contributed by atoms with Crippen LogP contribution < -0.4 is 15.0 Å². The van der Waals surface area contributed by atoms with E-state index in [-0.39, 0.29) is 28.9 Å². The maximum atomic E-state index is 13.6. The van der Waals surface area contributed by atoms with Crippen molar-refractivity contribution in [2.45, 2.75) is 6.61 Å². The van der Waals surface area contributed by atoms with E-state index in [9.17, 15) is 14.9 Å². The van der Waals surface area contributed by atoms with Crippen LogP contribution in [0.1, 0.15) is 11.1 Å². The molecule has 0 fully saturated rings. The monoisotopic (exact) mass is 692 g/mol. The number of halogens is 3. The van der Waals surface area contributed by atoms with Gasteiger partial charge in [-0.05, 0) is 76.1 Å². The van der Waals surface area contributed by atoms with Gasteiger partial charge in [-0.3, -0.25) is 14.9 Å². The van der Waals surface area contributed by atoms with E-state index in [2.05, 4.69) is 21.0 Å². The fraction of sp³-hybridized carbons (Fsp3) is 0.0645. The number of para-hydroxylation sites is 1. The number of aromatic nitrogens is 2. The molecule has 0 aliphatic rings. The number of rotatable bonds is 8. The highest BCUT2D eigenvalue weighted by Crippen LogP contribution is 2.42. The number of nitrogens with zero attached hydrogens (tertiary/aromatic N) is 4.